The molecule has 0 saturated carbocycles. The Morgan fingerprint density at radius 1 is 1.31 bits per heavy atom. The Labute approximate surface area is 94.4 Å². The van der Waals surface area contributed by atoms with E-state index in [-0.39, 0.29) is 18.6 Å². The van der Waals surface area contributed by atoms with Crippen molar-refractivity contribution in [2.24, 2.45) is 5.73 Å². The summed E-state index contributed by atoms with van der Waals surface area (Å²) < 4.78 is 5.09. The number of primary amides is 1. The van der Waals surface area contributed by atoms with Crippen LogP contribution in [0, 0.1) is 6.92 Å². The number of hydrogen-bond acceptors (Lipinski definition) is 3. The van der Waals surface area contributed by atoms with E-state index >= 15 is 0 Å². The molecule has 0 spiro atoms. The Balaban J connectivity index is 2.88. The lowest BCUT2D eigenvalue weighted by molar-refractivity contribution is -0.118. The average Bonchev–Trinajstić information content (AvgIpc) is 2.25. The molecule has 0 fully saturated rings. The van der Waals surface area contributed by atoms with Gasteiger partial charge in [0.1, 0.15) is 5.75 Å². The van der Waals surface area contributed by atoms with Gasteiger partial charge >= 0.3 is 0 Å². The highest BCUT2D eigenvalue weighted by Gasteiger charge is 2.13. The van der Waals surface area contributed by atoms with Gasteiger partial charge in [0, 0.05) is 12.8 Å². The first-order valence-corrected chi connectivity index (χ1v) is 5.00. The first-order valence-electron chi connectivity index (χ1n) is 5.00. The minimum atomic E-state index is -0.472. The molecule has 4 nitrogen and oxygen atoms in total. The number of hydrogen-bond donors (Lipinski definition) is 1. The van der Waals surface area contributed by atoms with E-state index in [9.17, 15) is 9.59 Å². The van der Waals surface area contributed by atoms with Crippen LogP contribution in [0.15, 0.2) is 18.2 Å². The van der Waals surface area contributed by atoms with E-state index in [0.717, 1.165) is 5.56 Å². The molecule has 0 aliphatic rings. The third-order valence-corrected chi connectivity index (χ3v) is 2.25. The van der Waals surface area contributed by atoms with Crippen LogP contribution in [0.3, 0.4) is 0 Å². The average molecular weight is 221 g/mol. The Morgan fingerprint density at radius 3 is 2.56 bits per heavy atom. The molecule has 1 aromatic carbocycles. The van der Waals surface area contributed by atoms with Gasteiger partial charge in [0.05, 0.1) is 12.7 Å². The van der Waals surface area contributed by atoms with Gasteiger partial charge in [-0.1, -0.05) is 11.6 Å². The largest absolute Gasteiger partial charge is 0.496 e. The summed E-state index contributed by atoms with van der Waals surface area (Å²) in [6, 6.07) is 5.36. The van der Waals surface area contributed by atoms with Crippen molar-refractivity contribution in [2.45, 2.75) is 19.8 Å². The maximum absolute atomic E-state index is 11.8. The molecule has 1 amide bonds. The van der Waals surface area contributed by atoms with Crippen LogP contribution in [0.5, 0.6) is 5.75 Å². The lowest BCUT2D eigenvalue weighted by atomic mass is 10.0. The molecule has 0 unspecified atom stereocenters. The number of carbonyl (C=O) groups is 2. The lowest BCUT2D eigenvalue weighted by Crippen LogP contribution is -2.13. The summed E-state index contributed by atoms with van der Waals surface area (Å²) in [6.07, 6.45) is 0.186. The molecule has 2 N–H and O–H groups in total. The van der Waals surface area contributed by atoms with Gasteiger partial charge in [-0.05, 0) is 19.1 Å². The smallest absolute Gasteiger partial charge is 0.217 e. The number of benzene rings is 1. The fourth-order valence-electron chi connectivity index (χ4n) is 1.41. The van der Waals surface area contributed by atoms with Crippen molar-refractivity contribution >= 4 is 11.7 Å². The van der Waals surface area contributed by atoms with Crippen LogP contribution in [-0.2, 0) is 4.79 Å². The van der Waals surface area contributed by atoms with Crippen LogP contribution < -0.4 is 10.5 Å². The maximum atomic E-state index is 11.8. The molecule has 1 aromatic rings. The first-order chi connectivity index (χ1) is 7.54. The Kier molecular flexibility index (Phi) is 4.05. The van der Waals surface area contributed by atoms with E-state index in [1.54, 1.807) is 12.1 Å². The molecule has 86 valence electrons. The van der Waals surface area contributed by atoms with E-state index in [1.165, 1.54) is 7.11 Å². The summed E-state index contributed by atoms with van der Waals surface area (Å²) in [5.74, 6) is -0.0700. The predicted molar refractivity (Wildman–Crippen MR) is 60.5 cm³/mol. The zero-order valence-corrected chi connectivity index (χ0v) is 9.45. The molecule has 16 heavy (non-hydrogen) atoms. The summed E-state index contributed by atoms with van der Waals surface area (Å²) in [4.78, 5) is 22.4. The second-order valence-electron chi connectivity index (χ2n) is 3.59. The fraction of sp³-hybridized carbons (Fsp3) is 0.333. The number of methoxy groups -OCH3 is 1. The van der Waals surface area contributed by atoms with Crippen molar-refractivity contribution in [1.82, 2.24) is 0 Å². The number of aryl methyl sites for hydroxylation is 1. The highest BCUT2D eigenvalue weighted by molar-refractivity contribution is 6.00. The fourth-order valence-corrected chi connectivity index (χ4v) is 1.41. The summed E-state index contributed by atoms with van der Waals surface area (Å²) in [7, 11) is 1.51. The normalized spacial score (nSPS) is 9.88. The van der Waals surface area contributed by atoms with Gasteiger partial charge in [-0.3, -0.25) is 9.59 Å². The molecule has 1 rings (SSSR count). The van der Waals surface area contributed by atoms with E-state index in [0.29, 0.717) is 11.3 Å². The van der Waals surface area contributed by atoms with Crippen molar-refractivity contribution in [1.29, 1.82) is 0 Å². The van der Waals surface area contributed by atoms with Gasteiger partial charge in [0.25, 0.3) is 0 Å². The maximum Gasteiger partial charge on any atom is 0.217 e. The number of Topliss-reactive ketones (excluding diaryl/α,β-unsaturated/α-hetero) is 1. The van der Waals surface area contributed by atoms with Crippen molar-refractivity contribution < 1.29 is 14.3 Å². The molecule has 0 aliphatic carbocycles. The molecule has 0 bridgehead atoms. The molecule has 0 radical (unpaired) electrons. The van der Waals surface area contributed by atoms with E-state index in [4.69, 9.17) is 10.5 Å². The number of rotatable bonds is 5. The van der Waals surface area contributed by atoms with Crippen molar-refractivity contribution in [3.8, 4) is 5.75 Å². The summed E-state index contributed by atoms with van der Waals surface area (Å²) in [5.41, 5.74) is 6.48. The van der Waals surface area contributed by atoms with Gasteiger partial charge in [-0.2, -0.15) is 0 Å². The standard InChI is InChI=1S/C12H15NO3/c1-8-3-5-11(16-2)9(7-8)10(14)4-6-12(13)15/h3,5,7H,4,6H2,1-2H3,(H2,13,15). The molecule has 0 saturated heterocycles. The van der Waals surface area contributed by atoms with Crippen molar-refractivity contribution in [3.63, 3.8) is 0 Å². The number of amides is 1. The van der Waals surface area contributed by atoms with Gasteiger partial charge in [-0.15, -0.1) is 0 Å². The number of carbonyl (C=O) groups excluding carboxylic acids is 2. The van der Waals surface area contributed by atoms with Gasteiger partial charge in [-0.25, -0.2) is 0 Å². The van der Waals surface area contributed by atoms with Gasteiger partial charge in [0.15, 0.2) is 5.78 Å². The van der Waals surface area contributed by atoms with E-state index < -0.39 is 5.91 Å². The summed E-state index contributed by atoms with van der Waals surface area (Å²) in [5, 5.41) is 0. The monoisotopic (exact) mass is 221 g/mol. The number of ether oxygens (including phenoxy) is 1. The minimum absolute atomic E-state index is 0.0654. The molecular formula is C12H15NO3. The van der Waals surface area contributed by atoms with Crippen molar-refractivity contribution in [3.05, 3.63) is 29.3 Å². The van der Waals surface area contributed by atoms with Crippen LogP contribution in [0.1, 0.15) is 28.8 Å². The van der Waals surface area contributed by atoms with Gasteiger partial charge in [0.2, 0.25) is 5.91 Å². The predicted octanol–water partition coefficient (Wildman–Crippen LogP) is 1.45. The topological polar surface area (TPSA) is 69.4 Å². The third-order valence-electron chi connectivity index (χ3n) is 2.25. The molecule has 0 heterocycles. The van der Waals surface area contributed by atoms with Crippen LogP contribution in [-0.4, -0.2) is 18.8 Å². The molecule has 0 aliphatic heterocycles. The van der Waals surface area contributed by atoms with Crippen LogP contribution in [0.25, 0.3) is 0 Å². The van der Waals surface area contributed by atoms with E-state index in [1.807, 2.05) is 13.0 Å². The van der Waals surface area contributed by atoms with Gasteiger partial charge < -0.3 is 10.5 Å². The van der Waals surface area contributed by atoms with Crippen LogP contribution >= 0.6 is 0 Å². The Morgan fingerprint density at radius 2 is 2.00 bits per heavy atom. The lowest BCUT2D eigenvalue weighted by Gasteiger charge is -2.07. The number of nitrogens with two attached hydrogens (primary N) is 1. The highest BCUT2D eigenvalue weighted by atomic mass is 16.5. The zero-order valence-electron chi connectivity index (χ0n) is 9.45. The summed E-state index contributed by atoms with van der Waals surface area (Å²) >= 11 is 0. The molecular weight excluding hydrogens is 206 g/mol. The van der Waals surface area contributed by atoms with Crippen molar-refractivity contribution in [2.75, 3.05) is 7.11 Å². The second kappa shape index (κ2) is 5.30. The zero-order chi connectivity index (χ0) is 12.1. The molecule has 0 atom stereocenters. The highest BCUT2D eigenvalue weighted by Crippen LogP contribution is 2.21. The quantitative estimate of drug-likeness (QED) is 0.765. The van der Waals surface area contributed by atoms with E-state index in [2.05, 4.69) is 0 Å². The third kappa shape index (κ3) is 3.08. The van der Waals surface area contributed by atoms with Crippen LogP contribution in [0.4, 0.5) is 0 Å². The molecule has 4 heteroatoms. The second-order valence-corrected chi connectivity index (χ2v) is 3.59. The SMILES string of the molecule is COc1ccc(C)cc1C(=O)CCC(N)=O. The summed E-state index contributed by atoms with van der Waals surface area (Å²) in [6.45, 7) is 1.89. The number of ketones is 1. The Bertz CT molecular complexity index is 413. The molecule has 0 aromatic heterocycles. The van der Waals surface area contributed by atoms with Crippen LogP contribution in [0.2, 0.25) is 0 Å². The Hall–Kier alpha value is -1.84. The first kappa shape index (κ1) is 12.2. The minimum Gasteiger partial charge on any atom is -0.496 e.